The van der Waals surface area contributed by atoms with Crippen molar-refractivity contribution in [1.29, 1.82) is 0 Å². The van der Waals surface area contributed by atoms with Crippen molar-refractivity contribution in [3.8, 4) is 0 Å². The normalized spacial score (nSPS) is 34.5. The molecule has 3 nitrogen and oxygen atoms in total. The van der Waals surface area contributed by atoms with E-state index in [1.807, 2.05) is 0 Å². The van der Waals surface area contributed by atoms with Crippen LogP contribution in [0, 0.1) is 23.2 Å². The summed E-state index contributed by atoms with van der Waals surface area (Å²) < 4.78 is 78.6. The zero-order valence-electron chi connectivity index (χ0n) is 14.1. The second-order valence-electron chi connectivity index (χ2n) is 7.57. The number of hydrogen-bond donors (Lipinski definition) is 1. The molecule has 9 heteroatoms. The van der Waals surface area contributed by atoms with E-state index in [9.17, 15) is 26.7 Å². The van der Waals surface area contributed by atoms with Crippen LogP contribution in [0.15, 0.2) is 0 Å². The van der Waals surface area contributed by atoms with Crippen LogP contribution in [0.5, 0.6) is 0 Å². The first-order chi connectivity index (χ1) is 11.4. The molecule has 146 valence electrons. The summed E-state index contributed by atoms with van der Waals surface area (Å²) in [5.74, 6) is -0.331. The van der Waals surface area contributed by atoms with Gasteiger partial charge in [-0.15, -0.1) is 0 Å². The number of halogens is 5. The first kappa shape index (κ1) is 20.7. The quantitative estimate of drug-likeness (QED) is 0.382. The Balaban J connectivity index is 2.21. The molecule has 0 saturated heterocycles. The van der Waals surface area contributed by atoms with E-state index >= 15 is 0 Å². The highest BCUT2D eigenvalue weighted by Gasteiger charge is 2.61. The fourth-order valence-corrected chi connectivity index (χ4v) is 4.90. The van der Waals surface area contributed by atoms with E-state index < -0.39 is 41.0 Å². The second-order valence-corrected chi connectivity index (χ2v) is 8.29. The van der Waals surface area contributed by atoms with Gasteiger partial charge in [-0.05, 0) is 56.3 Å². The van der Waals surface area contributed by atoms with Gasteiger partial charge in [0.25, 0.3) is 6.10 Å². The molecule has 0 aromatic carbocycles. The minimum atomic E-state index is -5.47. The third-order valence-corrected chi connectivity index (χ3v) is 6.01. The van der Waals surface area contributed by atoms with E-state index in [0.717, 1.165) is 19.3 Å². The van der Waals surface area contributed by atoms with Crippen molar-refractivity contribution in [2.45, 2.75) is 69.9 Å². The summed E-state index contributed by atoms with van der Waals surface area (Å²) in [7, 11) is 0. The van der Waals surface area contributed by atoms with Crippen LogP contribution in [0.2, 0.25) is 0 Å². The molecule has 2 bridgehead atoms. The Morgan fingerprint density at radius 2 is 1.72 bits per heavy atom. The molecule has 25 heavy (non-hydrogen) atoms. The molecule has 2 fully saturated rings. The van der Waals surface area contributed by atoms with Crippen molar-refractivity contribution < 1.29 is 36.0 Å². The highest BCUT2D eigenvalue weighted by Crippen LogP contribution is 2.53. The third kappa shape index (κ3) is 4.40. The predicted octanol–water partition coefficient (Wildman–Crippen LogP) is 5.50. The number of ether oxygens (including phenoxy) is 1. The van der Waals surface area contributed by atoms with Crippen molar-refractivity contribution in [2.24, 2.45) is 23.2 Å². The van der Waals surface area contributed by atoms with Gasteiger partial charge >= 0.3 is 17.4 Å². The Labute approximate surface area is 147 Å². The Morgan fingerprint density at radius 1 is 1.20 bits per heavy atom. The molecule has 3 atom stereocenters. The first-order valence-corrected chi connectivity index (χ1v) is 9.19. The maximum absolute atomic E-state index is 13.5. The standard InChI is InChI=1S/C16H23F5O3S/c1-3-14(7-10-4-9(2)5-11(6-10)8-14)13(22)24-12(15(17,18)19)16(20,21)25-23/h9-12,23H,3-8H2,1-2H3. The minimum Gasteiger partial charge on any atom is -0.445 e. The van der Waals surface area contributed by atoms with E-state index in [4.69, 9.17) is 4.55 Å². The Kier molecular flexibility index (Phi) is 5.98. The zero-order chi connectivity index (χ0) is 19.0. The maximum Gasteiger partial charge on any atom is 0.432 e. The molecule has 0 aromatic rings. The molecule has 0 aromatic heterocycles. The fourth-order valence-electron chi connectivity index (χ4n) is 4.63. The summed E-state index contributed by atoms with van der Waals surface area (Å²) in [6.45, 7) is 3.78. The Bertz CT molecular complexity index is 479. The van der Waals surface area contributed by atoms with E-state index in [0.29, 0.717) is 18.8 Å². The number of carbonyl (C=O) groups excluding carboxylic acids is 1. The maximum atomic E-state index is 13.5. The average molecular weight is 390 g/mol. The van der Waals surface area contributed by atoms with Crippen molar-refractivity contribution in [3.63, 3.8) is 0 Å². The van der Waals surface area contributed by atoms with Gasteiger partial charge in [-0.1, -0.05) is 13.8 Å². The fraction of sp³-hybridized carbons (Fsp3) is 0.938. The molecule has 2 saturated carbocycles. The van der Waals surface area contributed by atoms with Crippen LogP contribution in [0.4, 0.5) is 22.0 Å². The number of rotatable bonds is 5. The van der Waals surface area contributed by atoms with E-state index in [1.165, 1.54) is 0 Å². The van der Waals surface area contributed by atoms with E-state index in [1.54, 1.807) is 6.92 Å². The SMILES string of the molecule is CCC1(C(=O)OC(C(F)(F)F)C(F)(F)SO)CC2CC(C)CC(C2)C1. The molecular weight excluding hydrogens is 367 g/mol. The van der Waals surface area contributed by atoms with Gasteiger partial charge in [0.05, 0.1) is 17.5 Å². The van der Waals surface area contributed by atoms with Crippen LogP contribution in [-0.4, -0.2) is 28.1 Å². The predicted molar refractivity (Wildman–Crippen MR) is 83.1 cm³/mol. The summed E-state index contributed by atoms with van der Waals surface area (Å²) in [5, 5.41) is -4.65. The molecule has 1 N–H and O–H groups in total. The summed E-state index contributed by atoms with van der Waals surface area (Å²) in [6.07, 6.45) is -5.46. The van der Waals surface area contributed by atoms with Gasteiger partial charge in [-0.3, -0.25) is 4.79 Å². The highest BCUT2D eigenvalue weighted by molar-refractivity contribution is 7.94. The third-order valence-electron chi connectivity index (χ3n) is 5.56. The molecule has 0 spiro atoms. The van der Waals surface area contributed by atoms with Crippen LogP contribution < -0.4 is 0 Å². The Hall–Kier alpha value is -0.570. The highest BCUT2D eigenvalue weighted by atomic mass is 32.2. The monoisotopic (exact) mass is 390 g/mol. The molecular formula is C16H23F5O3S. The van der Waals surface area contributed by atoms with E-state index in [-0.39, 0.29) is 18.3 Å². The van der Waals surface area contributed by atoms with Gasteiger partial charge in [0.1, 0.15) is 0 Å². The van der Waals surface area contributed by atoms with Crippen molar-refractivity contribution in [2.75, 3.05) is 0 Å². The number of carbonyl (C=O) groups is 1. The number of esters is 1. The molecule has 0 heterocycles. The topological polar surface area (TPSA) is 46.5 Å². The van der Waals surface area contributed by atoms with Crippen LogP contribution >= 0.6 is 12.0 Å². The molecule has 2 rings (SSSR count). The zero-order valence-corrected chi connectivity index (χ0v) is 14.9. The van der Waals surface area contributed by atoms with Gasteiger partial charge in [0.15, 0.2) is 0 Å². The lowest BCUT2D eigenvalue weighted by atomic mass is 9.58. The van der Waals surface area contributed by atoms with Crippen LogP contribution in [0.25, 0.3) is 0 Å². The summed E-state index contributed by atoms with van der Waals surface area (Å²) >= 11 is -1.26. The average Bonchev–Trinajstić information content (AvgIpc) is 2.49. The van der Waals surface area contributed by atoms with Gasteiger partial charge in [-0.25, -0.2) is 0 Å². The minimum absolute atomic E-state index is 0.201. The molecule has 0 amide bonds. The first-order valence-electron chi connectivity index (χ1n) is 8.41. The molecule has 2 aliphatic rings. The van der Waals surface area contributed by atoms with Crippen LogP contribution in [0.3, 0.4) is 0 Å². The Morgan fingerprint density at radius 3 is 2.12 bits per heavy atom. The summed E-state index contributed by atoms with van der Waals surface area (Å²) in [6, 6.07) is 0. The lowest BCUT2D eigenvalue weighted by Crippen LogP contribution is -2.50. The number of alkyl halides is 5. The smallest absolute Gasteiger partial charge is 0.432 e. The van der Waals surface area contributed by atoms with Crippen molar-refractivity contribution in [1.82, 2.24) is 0 Å². The van der Waals surface area contributed by atoms with Gasteiger partial charge < -0.3 is 9.29 Å². The summed E-state index contributed by atoms with van der Waals surface area (Å²) in [5.41, 5.74) is -1.16. The van der Waals surface area contributed by atoms with Crippen molar-refractivity contribution >= 4 is 18.0 Å². The molecule has 0 aliphatic heterocycles. The lowest BCUT2D eigenvalue weighted by Gasteiger charge is -2.47. The number of fused-ring (bicyclic) bond motifs is 2. The summed E-state index contributed by atoms with van der Waals surface area (Å²) in [4.78, 5) is 12.5. The van der Waals surface area contributed by atoms with Gasteiger partial charge in [-0.2, -0.15) is 22.0 Å². The largest absolute Gasteiger partial charge is 0.445 e. The molecule has 3 unspecified atom stereocenters. The number of hydrogen-bond acceptors (Lipinski definition) is 4. The van der Waals surface area contributed by atoms with E-state index in [2.05, 4.69) is 11.7 Å². The van der Waals surface area contributed by atoms with Gasteiger partial charge in [0.2, 0.25) is 0 Å². The van der Waals surface area contributed by atoms with Crippen molar-refractivity contribution in [3.05, 3.63) is 0 Å². The molecule has 2 aliphatic carbocycles. The van der Waals surface area contributed by atoms with Crippen LogP contribution in [0.1, 0.15) is 52.4 Å². The van der Waals surface area contributed by atoms with Gasteiger partial charge in [0, 0.05) is 0 Å². The molecule has 0 radical (unpaired) electrons. The lowest BCUT2D eigenvalue weighted by molar-refractivity contribution is -0.262. The van der Waals surface area contributed by atoms with Crippen LogP contribution in [-0.2, 0) is 9.53 Å². The second kappa shape index (κ2) is 7.21.